The third-order valence-corrected chi connectivity index (χ3v) is 3.83. The predicted octanol–water partition coefficient (Wildman–Crippen LogP) is 2.45. The molecular formula is C17H19N5O2. The summed E-state index contributed by atoms with van der Waals surface area (Å²) in [5, 5.41) is 12.0. The van der Waals surface area contributed by atoms with Gasteiger partial charge in [0.2, 0.25) is 0 Å². The highest BCUT2D eigenvalue weighted by atomic mass is 16.6. The third-order valence-electron chi connectivity index (χ3n) is 3.83. The molecule has 0 aliphatic heterocycles. The van der Waals surface area contributed by atoms with Crippen LogP contribution in [0.4, 0.5) is 0 Å². The Kier molecular flexibility index (Phi) is 4.16. The zero-order valence-electron chi connectivity index (χ0n) is 14.1. The summed E-state index contributed by atoms with van der Waals surface area (Å²) in [5.74, 6) is -0.0965. The van der Waals surface area contributed by atoms with Crippen LogP contribution in [0.3, 0.4) is 0 Å². The van der Waals surface area contributed by atoms with Crippen molar-refractivity contribution in [1.29, 1.82) is 0 Å². The van der Waals surface area contributed by atoms with E-state index in [1.54, 1.807) is 24.9 Å². The summed E-state index contributed by atoms with van der Waals surface area (Å²) in [6.45, 7) is 6.08. The number of hydrogen-bond donors (Lipinski definition) is 0. The van der Waals surface area contributed by atoms with Crippen LogP contribution in [0.1, 0.15) is 33.1 Å². The number of hydrogen-bond acceptors (Lipinski definition) is 5. The van der Waals surface area contributed by atoms with Crippen molar-refractivity contribution in [1.82, 2.24) is 25.0 Å². The second-order valence-corrected chi connectivity index (χ2v) is 5.85. The largest absolute Gasteiger partial charge is 0.336 e. The highest BCUT2D eigenvalue weighted by Crippen LogP contribution is 2.16. The number of aryl methyl sites for hydroxylation is 3. The number of nitrogens with zero attached hydrogens (tertiary/aromatic N) is 5. The fourth-order valence-electron chi connectivity index (χ4n) is 2.57. The summed E-state index contributed by atoms with van der Waals surface area (Å²) in [6, 6.07) is 9.42. The van der Waals surface area contributed by atoms with Crippen molar-refractivity contribution < 1.29 is 9.42 Å². The Morgan fingerprint density at radius 1 is 1.21 bits per heavy atom. The van der Waals surface area contributed by atoms with Gasteiger partial charge in [0.1, 0.15) is 11.4 Å². The Labute approximate surface area is 139 Å². The number of carbonyl (C=O) groups excluding carboxylic acids is 1. The number of aromatic nitrogens is 4. The van der Waals surface area contributed by atoms with Crippen LogP contribution in [0, 0.1) is 20.8 Å². The van der Waals surface area contributed by atoms with Crippen molar-refractivity contribution in [2.75, 3.05) is 7.05 Å². The molecule has 124 valence electrons. The molecule has 0 saturated heterocycles. The van der Waals surface area contributed by atoms with E-state index in [-0.39, 0.29) is 5.91 Å². The van der Waals surface area contributed by atoms with E-state index in [0.29, 0.717) is 23.5 Å². The first-order chi connectivity index (χ1) is 11.5. The molecule has 0 atom stereocenters. The molecule has 1 aromatic carbocycles. The Morgan fingerprint density at radius 2 is 2.00 bits per heavy atom. The molecule has 0 spiro atoms. The number of carbonyl (C=O) groups is 1. The predicted molar refractivity (Wildman–Crippen MR) is 87.9 cm³/mol. The van der Waals surface area contributed by atoms with E-state index >= 15 is 0 Å². The highest BCUT2D eigenvalue weighted by Gasteiger charge is 2.16. The van der Waals surface area contributed by atoms with E-state index in [1.165, 1.54) is 0 Å². The maximum Gasteiger partial charge on any atom is 0.254 e. The van der Waals surface area contributed by atoms with Gasteiger partial charge in [-0.15, -0.1) is 0 Å². The average Bonchev–Trinajstić information content (AvgIpc) is 3.12. The van der Waals surface area contributed by atoms with E-state index in [1.807, 2.05) is 42.8 Å². The summed E-state index contributed by atoms with van der Waals surface area (Å²) in [6.07, 6.45) is 0. The van der Waals surface area contributed by atoms with Crippen LogP contribution >= 0.6 is 0 Å². The van der Waals surface area contributed by atoms with Gasteiger partial charge in [0.15, 0.2) is 0 Å². The van der Waals surface area contributed by atoms with Crippen molar-refractivity contribution >= 4 is 5.91 Å². The Hall–Kier alpha value is -2.96. The lowest BCUT2D eigenvalue weighted by atomic mass is 10.1. The van der Waals surface area contributed by atoms with Gasteiger partial charge >= 0.3 is 0 Å². The minimum Gasteiger partial charge on any atom is -0.336 e. The standard InChI is InChI=1S/C17H19N5O2/c1-11-8-12(2)22(18-11)15-7-5-6-14(9-15)17(23)21(4)10-16-13(3)19-24-20-16/h5-9H,10H2,1-4H3. The Morgan fingerprint density at radius 3 is 2.62 bits per heavy atom. The van der Waals surface area contributed by atoms with E-state index in [2.05, 4.69) is 20.0 Å². The van der Waals surface area contributed by atoms with Crippen LogP contribution in [0.15, 0.2) is 35.0 Å². The molecule has 0 aliphatic carbocycles. The van der Waals surface area contributed by atoms with Gasteiger partial charge in [-0.2, -0.15) is 5.10 Å². The summed E-state index contributed by atoms with van der Waals surface area (Å²) < 4.78 is 6.51. The molecule has 3 rings (SSSR count). The first kappa shape index (κ1) is 15.9. The minimum absolute atomic E-state index is 0.0965. The fraction of sp³-hybridized carbons (Fsp3) is 0.294. The molecule has 7 nitrogen and oxygen atoms in total. The lowest BCUT2D eigenvalue weighted by molar-refractivity contribution is 0.0781. The van der Waals surface area contributed by atoms with Crippen LogP contribution < -0.4 is 0 Å². The fourth-order valence-corrected chi connectivity index (χ4v) is 2.57. The molecule has 2 aromatic heterocycles. The van der Waals surface area contributed by atoms with Crippen LogP contribution in [-0.2, 0) is 6.54 Å². The van der Waals surface area contributed by atoms with E-state index in [9.17, 15) is 4.79 Å². The highest BCUT2D eigenvalue weighted by molar-refractivity contribution is 5.94. The molecule has 1 amide bonds. The second-order valence-electron chi connectivity index (χ2n) is 5.85. The van der Waals surface area contributed by atoms with Gasteiger partial charge in [-0.25, -0.2) is 9.31 Å². The molecule has 24 heavy (non-hydrogen) atoms. The molecule has 7 heteroatoms. The average molecular weight is 325 g/mol. The van der Waals surface area contributed by atoms with Crippen molar-refractivity contribution in [3.8, 4) is 5.69 Å². The normalized spacial score (nSPS) is 10.8. The summed E-state index contributed by atoms with van der Waals surface area (Å²) in [7, 11) is 1.73. The van der Waals surface area contributed by atoms with Crippen molar-refractivity contribution in [3.63, 3.8) is 0 Å². The molecule has 2 heterocycles. The number of benzene rings is 1. The van der Waals surface area contributed by atoms with E-state index < -0.39 is 0 Å². The number of amides is 1. The van der Waals surface area contributed by atoms with Gasteiger partial charge in [0.05, 0.1) is 17.9 Å². The smallest absolute Gasteiger partial charge is 0.254 e. The Bertz CT molecular complexity index is 881. The zero-order chi connectivity index (χ0) is 17.3. The van der Waals surface area contributed by atoms with Crippen LogP contribution in [-0.4, -0.2) is 37.9 Å². The molecule has 0 saturated carbocycles. The summed E-state index contributed by atoms with van der Waals surface area (Å²) >= 11 is 0. The molecule has 0 fully saturated rings. The zero-order valence-corrected chi connectivity index (χ0v) is 14.1. The number of rotatable bonds is 4. The van der Waals surface area contributed by atoms with Crippen LogP contribution in [0.2, 0.25) is 0 Å². The van der Waals surface area contributed by atoms with Crippen molar-refractivity contribution in [2.24, 2.45) is 0 Å². The maximum absolute atomic E-state index is 12.7. The van der Waals surface area contributed by atoms with Gasteiger partial charge in [-0.05, 0) is 45.0 Å². The van der Waals surface area contributed by atoms with Crippen LogP contribution in [0.25, 0.3) is 5.69 Å². The van der Waals surface area contributed by atoms with Crippen molar-refractivity contribution in [3.05, 3.63) is 58.7 Å². The molecular weight excluding hydrogens is 306 g/mol. The summed E-state index contributed by atoms with van der Waals surface area (Å²) in [4.78, 5) is 14.3. The quantitative estimate of drug-likeness (QED) is 0.736. The molecule has 0 bridgehead atoms. The topological polar surface area (TPSA) is 77.0 Å². The first-order valence-electron chi connectivity index (χ1n) is 7.63. The molecule has 0 unspecified atom stereocenters. The van der Waals surface area contributed by atoms with E-state index in [0.717, 1.165) is 17.1 Å². The molecule has 0 radical (unpaired) electrons. The lowest BCUT2D eigenvalue weighted by Gasteiger charge is -2.16. The molecule has 0 aliphatic rings. The summed E-state index contributed by atoms with van der Waals surface area (Å²) in [5.41, 5.74) is 4.76. The maximum atomic E-state index is 12.7. The lowest BCUT2D eigenvalue weighted by Crippen LogP contribution is -2.26. The Balaban J connectivity index is 1.84. The SMILES string of the molecule is Cc1cc(C)n(-c2cccc(C(=O)N(C)Cc3nonc3C)c2)n1. The monoisotopic (exact) mass is 325 g/mol. The molecule has 3 aromatic rings. The first-order valence-corrected chi connectivity index (χ1v) is 7.63. The minimum atomic E-state index is -0.0965. The van der Waals surface area contributed by atoms with Crippen LogP contribution in [0.5, 0.6) is 0 Å². The third kappa shape index (κ3) is 3.05. The van der Waals surface area contributed by atoms with Gasteiger partial charge in [0.25, 0.3) is 5.91 Å². The van der Waals surface area contributed by atoms with Gasteiger partial charge in [-0.1, -0.05) is 16.4 Å². The van der Waals surface area contributed by atoms with Crippen molar-refractivity contribution in [2.45, 2.75) is 27.3 Å². The van der Waals surface area contributed by atoms with Gasteiger partial charge in [-0.3, -0.25) is 4.79 Å². The second kappa shape index (κ2) is 6.27. The van der Waals surface area contributed by atoms with Gasteiger partial charge < -0.3 is 4.90 Å². The van der Waals surface area contributed by atoms with E-state index in [4.69, 9.17) is 0 Å². The van der Waals surface area contributed by atoms with Gasteiger partial charge in [0, 0.05) is 18.3 Å². The molecule has 0 N–H and O–H groups in total.